The number of rotatable bonds is 3. The molecule has 18 heavy (non-hydrogen) atoms. The normalized spacial score (nSPS) is 14.5. The first-order chi connectivity index (χ1) is 8.79. The van der Waals surface area contributed by atoms with Crippen LogP contribution in [-0.4, -0.2) is 18.1 Å². The lowest BCUT2D eigenvalue weighted by molar-refractivity contribution is 0.0595. The van der Waals surface area contributed by atoms with Crippen LogP contribution in [0.4, 0.5) is 0 Å². The summed E-state index contributed by atoms with van der Waals surface area (Å²) in [6, 6.07) is 9.50. The second kappa shape index (κ2) is 4.29. The molecule has 1 aliphatic carbocycles. The third-order valence-corrected chi connectivity index (χ3v) is 2.99. The fraction of sp³-hybridized carbons (Fsp3) is 0.286. The summed E-state index contributed by atoms with van der Waals surface area (Å²) >= 11 is 0. The number of methoxy groups -OCH3 is 1. The van der Waals surface area contributed by atoms with Crippen LogP contribution in [-0.2, 0) is 4.74 Å². The summed E-state index contributed by atoms with van der Waals surface area (Å²) in [4.78, 5) is 16.0. The van der Waals surface area contributed by atoms with Crippen molar-refractivity contribution in [3.05, 3.63) is 41.9 Å². The van der Waals surface area contributed by atoms with Crippen LogP contribution >= 0.6 is 0 Å². The van der Waals surface area contributed by atoms with Crippen LogP contribution in [0.15, 0.2) is 34.7 Å². The lowest BCUT2D eigenvalue weighted by Gasteiger charge is -1.98. The molecule has 0 amide bonds. The van der Waals surface area contributed by atoms with Gasteiger partial charge in [0.2, 0.25) is 0 Å². The van der Waals surface area contributed by atoms with Gasteiger partial charge in [-0.3, -0.25) is 0 Å². The number of carbonyl (C=O) groups excluding carboxylic acids is 1. The van der Waals surface area contributed by atoms with Crippen molar-refractivity contribution in [3.63, 3.8) is 0 Å². The summed E-state index contributed by atoms with van der Waals surface area (Å²) in [6.07, 6.45) is 2.16. The largest absolute Gasteiger partial charge is 0.464 e. The van der Waals surface area contributed by atoms with Gasteiger partial charge in [0.15, 0.2) is 17.3 Å². The number of hydrogen-bond donors (Lipinski definition) is 0. The molecule has 0 aliphatic heterocycles. The van der Waals surface area contributed by atoms with Gasteiger partial charge in [0, 0.05) is 11.5 Å². The summed E-state index contributed by atoms with van der Waals surface area (Å²) in [7, 11) is 1.35. The molecule has 0 unspecified atom stereocenters. The van der Waals surface area contributed by atoms with E-state index < -0.39 is 5.97 Å². The Morgan fingerprint density at radius 3 is 2.67 bits per heavy atom. The Morgan fingerprint density at radius 1 is 1.33 bits per heavy atom. The molecule has 1 aliphatic rings. The standard InChI is InChI=1S/C14H13NO3/c1-17-14(16)11-12(9-5-3-2-4-6-9)18-13(15-11)10-7-8-10/h2-6,10H,7-8H2,1H3. The predicted molar refractivity (Wildman–Crippen MR) is 65.3 cm³/mol. The van der Waals surface area contributed by atoms with Gasteiger partial charge in [-0.05, 0) is 12.8 Å². The first kappa shape index (κ1) is 11.0. The van der Waals surface area contributed by atoms with Crippen molar-refractivity contribution in [1.29, 1.82) is 0 Å². The highest BCUT2D eigenvalue weighted by Gasteiger charge is 2.32. The van der Waals surface area contributed by atoms with Crippen molar-refractivity contribution in [2.45, 2.75) is 18.8 Å². The second-order valence-electron chi connectivity index (χ2n) is 4.36. The number of ether oxygens (including phenoxy) is 1. The minimum Gasteiger partial charge on any atom is -0.464 e. The minimum atomic E-state index is -0.454. The van der Waals surface area contributed by atoms with E-state index >= 15 is 0 Å². The molecule has 0 radical (unpaired) electrons. The Kier molecular flexibility index (Phi) is 2.63. The average molecular weight is 243 g/mol. The van der Waals surface area contributed by atoms with Crippen LogP contribution in [0.5, 0.6) is 0 Å². The molecule has 3 rings (SSSR count). The van der Waals surface area contributed by atoms with Gasteiger partial charge in [0.1, 0.15) is 0 Å². The molecule has 4 nitrogen and oxygen atoms in total. The zero-order chi connectivity index (χ0) is 12.5. The maximum absolute atomic E-state index is 11.7. The number of nitrogens with zero attached hydrogens (tertiary/aromatic N) is 1. The van der Waals surface area contributed by atoms with Gasteiger partial charge in [-0.15, -0.1) is 0 Å². The number of aromatic nitrogens is 1. The zero-order valence-electron chi connectivity index (χ0n) is 10.1. The molecular formula is C14H13NO3. The molecule has 1 aromatic heterocycles. The van der Waals surface area contributed by atoms with Crippen molar-refractivity contribution in [3.8, 4) is 11.3 Å². The molecule has 1 saturated carbocycles. The minimum absolute atomic E-state index is 0.269. The van der Waals surface area contributed by atoms with E-state index in [4.69, 9.17) is 9.15 Å². The average Bonchev–Trinajstić information content (AvgIpc) is 3.18. The number of hydrogen-bond acceptors (Lipinski definition) is 4. The number of benzene rings is 1. The van der Waals surface area contributed by atoms with Gasteiger partial charge in [-0.1, -0.05) is 30.3 Å². The van der Waals surface area contributed by atoms with E-state index in [1.165, 1.54) is 7.11 Å². The molecule has 92 valence electrons. The van der Waals surface area contributed by atoms with E-state index in [1.54, 1.807) is 0 Å². The van der Waals surface area contributed by atoms with Crippen LogP contribution in [0.1, 0.15) is 35.1 Å². The molecule has 1 aromatic carbocycles. The first-order valence-electron chi connectivity index (χ1n) is 5.94. The summed E-state index contributed by atoms with van der Waals surface area (Å²) in [6.45, 7) is 0. The Balaban J connectivity index is 2.08. The Labute approximate surface area is 105 Å². The van der Waals surface area contributed by atoms with E-state index in [-0.39, 0.29) is 5.69 Å². The lowest BCUT2D eigenvalue weighted by atomic mass is 10.1. The van der Waals surface area contributed by atoms with Crippen molar-refractivity contribution >= 4 is 5.97 Å². The van der Waals surface area contributed by atoms with Gasteiger partial charge in [-0.2, -0.15) is 0 Å². The Bertz CT molecular complexity index is 570. The molecule has 0 atom stereocenters. The molecule has 0 bridgehead atoms. The van der Waals surface area contributed by atoms with E-state index in [9.17, 15) is 4.79 Å². The van der Waals surface area contributed by atoms with Gasteiger partial charge in [0.25, 0.3) is 0 Å². The predicted octanol–water partition coefficient (Wildman–Crippen LogP) is 3.01. The Morgan fingerprint density at radius 2 is 2.06 bits per heavy atom. The van der Waals surface area contributed by atoms with Crippen LogP contribution in [0.2, 0.25) is 0 Å². The van der Waals surface area contributed by atoms with E-state index in [0.717, 1.165) is 18.4 Å². The fourth-order valence-corrected chi connectivity index (χ4v) is 1.86. The lowest BCUT2D eigenvalue weighted by Crippen LogP contribution is -2.03. The number of carbonyl (C=O) groups is 1. The van der Waals surface area contributed by atoms with E-state index in [2.05, 4.69) is 4.98 Å². The van der Waals surface area contributed by atoms with Crippen LogP contribution < -0.4 is 0 Å². The molecule has 4 heteroatoms. The Hall–Kier alpha value is -2.10. The van der Waals surface area contributed by atoms with Gasteiger partial charge < -0.3 is 9.15 Å². The topological polar surface area (TPSA) is 52.3 Å². The van der Waals surface area contributed by atoms with Crippen molar-refractivity contribution < 1.29 is 13.9 Å². The SMILES string of the molecule is COC(=O)c1nc(C2CC2)oc1-c1ccccc1. The van der Waals surface area contributed by atoms with Crippen molar-refractivity contribution in [2.75, 3.05) is 7.11 Å². The highest BCUT2D eigenvalue weighted by atomic mass is 16.5. The molecule has 0 N–H and O–H groups in total. The quantitative estimate of drug-likeness (QED) is 0.777. The second-order valence-corrected chi connectivity index (χ2v) is 4.36. The highest BCUT2D eigenvalue weighted by Crippen LogP contribution is 2.41. The number of oxazole rings is 1. The van der Waals surface area contributed by atoms with Crippen molar-refractivity contribution in [2.24, 2.45) is 0 Å². The molecule has 1 fully saturated rings. The molecular weight excluding hydrogens is 230 g/mol. The van der Waals surface area contributed by atoms with Gasteiger partial charge >= 0.3 is 5.97 Å². The molecule has 0 saturated heterocycles. The van der Waals surface area contributed by atoms with E-state index in [0.29, 0.717) is 17.6 Å². The van der Waals surface area contributed by atoms with Gasteiger partial charge in [-0.25, -0.2) is 9.78 Å². The molecule has 2 aromatic rings. The monoisotopic (exact) mass is 243 g/mol. The summed E-state index contributed by atoms with van der Waals surface area (Å²) in [5, 5.41) is 0. The smallest absolute Gasteiger partial charge is 0.360 e. The number of esters is 1. The van der Waals surface area contributed by atoms with Crippen LogP contribution in [0, 0.1) is 0 Å². The van der Waals surface area contributed by atoms with Crippen LogP contribution in [0.3, 0.4) is 0 Å². The highest BCUT2D eigenvalue weighted by molar-refractivity contribution is 5.93. The van der Waals surface area contributed by atoms with Gasteiger partial charge in [0.05, 0.1) is 7.11 Å². The maximum atomic E-state index is 11.7. The third-order valence-electron chi connectivity index (χ3n) is 2.99. The third kappa shape index (κ3) is 1.90. The fourth-order valence-electron chi connectivity index (χ4n) is 1.86. The van der Waals surface area contributed by atoms with E-state index in [1.807, 2.05) is 30.3 Å². The molecule has 0 spiro atoms. The summed E-state index contributed by atoms with van der Waals surface area (Å²) in [5.74, 6) is 1.06. The maximum Gasteiger partial charge on any atom is 0.360 e. The first-order valence-corrected chi connectivity index (χ1v) is 5.94. The van der Waals surface area contributed by atoms with Crippen molar-refractivity contribution in [1.82, 2.24) is 4.98 Å². The summed E-state index contributed by atoms with van der Waals surface area (Å²) in [5.41, 5.74) is 1.11. The molecule has 1 heterocycles. The van der Waals surface area contributed by atoms with Crippen LogP contribution in [0.25, 0.3) is 11.3 Å². The summed E-state index contributed by atoms with van der Waals surface area (Å²) < 4.78 is 10.5. The zero-order valence-corrected chi connectivity index (χ0v) is 10.1.